The summed E-state index contributed by atoms with van der Waals surface area (Å²) in [4.78, 5) is 11.8. The summed E-state index contributed by atoms with van der Waals surface area (Å²) in [5.41, 5.74) is 0. The third kappa shape index (κ3) is 2.85. The number of halogens is 3. The topological polar surface area (TPSA) is 73.3 Å². The number of carbonyl (C=O) groups is 1. The van der Waals surface area contributed by atoms with Gasteiger partial charge < -0.3 is 10.2 Å². The van der Waals surface area contributed by atoms with Crippen LogP contribution in [0.15, 0.2) is 0 Å². The van der Waals surface area contributed by atoms with E-state index in [1.165, 1.54) is 7.05 Å². The zero-order valence-corrected chi connectivity index (χ0v) is 9.32. The van der Waals surface area contributed by atoms with Crippen molar-refractivity contribution in [1.29, 1.82) is 4.78 Å². The van der Waals surface area contributed by atoms with E-state index in [-0.39, 0.29) is 6.54 Å². The molecule has 1 aliphatic heterocycles. The average Bonchev–Trinajstić information content (AvgIpc) is 2.41. The molecule has 0 saturated carbocycles. The van der Waals surface area contributed by atoms with Crippen LogP contribution in [0.2, 0.25) is 0 Å². The Morgan fingerprint density at radius 1 is 1.69 bits per heavy atom. The van der Waals surface area contributed by atoms with Gasteiger partial charge in [0.15, 0.2) is 5.37 Å². The summed E-state index contributed by atoms with van der Waals surface area (Å²) in [6.07, 6.45) is -1.07. The SMILES string of the molecule is CNCC(=O)N1CC(F)(F)CC1S(=N)(=O)F. The fourth-order valence-electron chi connectivity index (χ4n) is 1.55. The highest BCUT2D eigenvalue weighted by Crippen LogP contribution is 2.35. The van der Waals surface area contributed by atoms with Gasteiger partial charge in [0.25, 0.3) is 5.92 Å². The molecule has 2 unspecified atom stereocenters. The number of nitrogens with zero attached hydrogens (tertiary/aromatic N) is 1. The van der Waals surface area contributed by atoms with E-state index < -0.39 is 40.3 Å². The van der Waals surface area contributed by atoms with Gasteiger partial charge in [-0.05, 0) is 7.05 Å². The Hall–Kier alpha value is -0.830. The number of amides is 1. The predicted molar refractivity (Wildman–Crippen MR) is 51.0 cm³/mol. The Balaban J connectivity index is 2.93. The second-order valence-electron chi connectivity index (χ2n) is 3.59. The molecule has 0 spiro atoms. The molecule has 5 nitrogen and oxygen atoms in total. The molecule has 1 saturated heterocycles. The van der Waals surface area contributed by atoms with Gasteiger partial charge in [0.1, 0.15) is 0 Å². The van der Waals surface area contributed by atoms with Gasteiger partial charge in [-0.2, -0.15) is 0 Å². The summed E-state index contributed by atoms with van der Waals surface area (Å²) in [5, 5.41) is 0.573. The van der Waals surface area contributed by atoms with E-state index in [0.717, 1.165) is 0 Å². The molecule has 9 heteroatoms. The summed E-state index contributed by atoms with van der Waals surface area (Å²) in [7, 11) is -3.26. The molecule has 2 atom stereocenters. The molecule has 0 bridgehead atoms. The van der Waals surface area contributed by atoms with Crippen molar-refractivity contribution >= 4 is 16.0 Å². The molecular formula is C7H12F3N3O2S. The van der Waals surface area contributed by atoms with Gasteiger partial charge in [-0.3, -0.25) is 4.79 Å². The fourth-order valence-corrected chi connectivity index (χ4v) is 2.53. The van der Waals surface area contributed by atoms with Crippen LogP contribution in [-0.4, -0.2) is 46.4 Å². The first kappa shape index (κ1) is 13.2. The zero-order valence-electron chi connectivity index (χ0n) is 8.50. The van der Waals surface area contributed by atoms with Crippen molar-refractivity contribution in [1.82, 2.24) is 10.2 Å². The first-order valence-electron chi connectivity index (χ1n) is 4.46. The fraction of sp³-hybridized carbons (Fsp3) is 0.857. The number of likely N-dealkylation sites (tertiary alicyclic amines) is 1. The van der Waals surface area contributed by atoms with Crippen molar-refractivity contribution in [3.63, 3.8) is 0 Å². The predicted octanol–water partition coefficient (Wildman–Crippen LogP) is 0.331. The lowest BCUT2D eigenvalue weighted by molar-refractivity contribution is -0.131. The molecule has 94 valence electrons. The second-order valence-corrected chi connectivity index (χ2v) is 5.19. The Labute approximate surface area is 91.3 Å². The standard InChI is InChI=1S/C7H12F3N3O2S/c1-12-3-5(14)13-4-7(8,9)2-6(13)16(10,11)15/h6,11-12H,2-4H2,1H3. The average molecular weight is 259 g/mol. The lowest BCUT2D eigenvalue weighted by Gasteiger charge is -2.21. The highest BCUT2D eigenvalue weighted by Gasteiger charge is 2.51. The smallest absolute Gasteiger partial charge is 0.268 e. The summed E-state index contributed by atoms with van der Waals surface area (Å²) in [6, 6.07) is 0. The molecule has 1 aliphatic rings. The van der Waals surface area contributed by atoms with Gasteiger partial charge in [0, 0.05) is 6.42 Å². The molecule has 0 aliphatic carbocycles. The lowest BCUT2D eigenvalue weighted by atomic mass is 10.3. The summed E-state index contributed by atoms with van der Waals surface area (Å²) in [5.74, 6) is -4.08. The van der Waals surface area contributed by atoms with E-state index in [1.807, 2.05) is 0 Å². The van der Waals surface area contributed by atoms with Crippen LogP contribution < -0.4 is 5.32 Å². The number of alkyl halides is 2. The van der Waals surface area contributed by atoms with Gasteiger partial charge in [0.05, 0.1) is 13.1 Å². The van der Waals surface area contributed by atoms with Crippen molar-refractivity contribution in [3.05, 3.63) is 0 Å². The lowest BCUT2D eigenvalue weighted by Crippen LogP contribution is -2.43. The number of likely N-dealkylation sites (N-methyl/N-ethyl adjacent to an activating group) is 1. The van der Waals surface area contributed by atoms with E-state index in [9.17, 15) is 21.7 Å². The molecule has 1 amide bonds. The van der Waals surface area contributed by atoms with Crippen LogP contribution in [0.5, 0.6) is 0 Å². The van der Waals surface area contributed by atoms with E-state index in [4.69, 9.17) is 4.78 Å². The Bertz CT molecular complexity index is 384. The minimum absolute atomic E-state index is 0.262. The van der Waals surface area contributed by atoms with E-state index in [0.29, 0.717) is 4.90 Å². The van der Waals surface area contributed by atoms with Gasteiger partial charge in [-0.15, -0.1) is 3.89 Å². The minimum Gasteiger partial charge on any atom is -0.317 e. The van der Waals surface area contributed by atoms with Gasteiger partial charge in [-0.25, -0.2) is 17.8 Å². The summed E-state index contributed by atoms with van der Waals surface area (Å²) < 4.78 is 56.4. The largest absolute Gasteiger partial charge is 0.317 e. The van der Waals surface area contributed by atoms with Crippen LogP contribution >= 0.6 is 0 Å². The first-order chi connectivity index (χ1) is 7.17. The minimum atomic E-state index is -4.69. The maximum absolute atomic E-state index is 13.0. The van der Waals surface area contributed by atoms with Gasteiger partial charge >= 0.3 is 0 Å². The molecule has 2 N–H and O–H groups in total. The summed E-state index contributed by atoms with van der Waals surface area (Å²) >= 11 is 0. The highest BCUT2D eigenvalue weighted by molar-refractivity contribution is 7.88. The maximum atomic E-state index is 13.0. The van der Waals surface area contributed by atoms with E-state index in [2.05, 4.69) is 5.32 Å². The van der Waals surface area contributed by atoms with Crippen LogP contribution in [0.25, 0.3) is 0 Å². The van der Waals surface area contributed by atoms with E-state index in [1.54, 1.807) is 0 Å². The summed E-state index contributed by atoms with van der Waals surface area (Å²) in [6.45, 7) is -1.25. The Kier molecular flexibility index (Phi) is 3.48. The quantitative estimate of drug-likeness (QED) is 0.717. The Morgan fingerprint density at radius 3 is 2.69 bits per heavy atom. The molecule has 1 heterocycles. The molecule has 0 aromatic heterocycles. The van der Waals surface area contributed by atoms with Crippen LogP contribution in [0.1, 0.15) is 6.42 Å². The Morgan fingerprint density at radius 2 is 2.25 bits per heavy atom. The van der Waals surface area contributed by atoms with E-state index >= 15 is 0 Å². The molecule has 0 aromatic rings. The van der Waals surface area contributed by atoms with Crippen LogP contribution in [-0.2, 0) is 14.9 Å². The van der Waals surface area contributed by atoms with Crippen LogP contribution in [0, 0.1) is 4.78 Å². The number of hydrogen-bond acceptors (Lipinski definition) is 4. The number of rotatable bonds is 3. The van der Waals surface area contributed by atoms with Crippen molar-refractivity contribution in [3.8, 4) is 0 Å². The third-order valence-corrected chi connectivity index (χ3v) is 3.34. The highest BCUT2D eigenvalue weighted by atomic mass is 32.3. The zero-order chi connectivity index (χ0) is 12.6. The molecular weight excluding hydrogens is 247 g/mol. The molecule has 16 heavy (non-hydrogen) atoms. The van der Waals surface area contributed by atoms with Crippen molar-refractivity contribution in [2.75, 3.05) is 20.1 Å². The monoisotopic (exact) mass is 259 g/mol. The van der Waals surface area contributed by atoms with Crippen LogP contribution in [0.4, 0.5) is 12.7 Å². The third-order valence-electron chi connectivity index (χ3n) is 2.22. The van der Waals surface area contributed by atoms with Gasteiger partial charge in [-0.1, -0.05) is 0 Å². The molecule has 0 aromatic carbocycles. The number of carbonyl (C=O) groups excluding carboxylic acids is 1. The van der Waals surface area contributed by atoms with Crippen molar-refractivity contribution in [2.45, 2.75) is 17.7 Å². The van der Waals surface area contributed by atoms with Gasteiger partial charge in [0.2, 0.25) is 16.0 Å². The van der Waals surface area contributed by atoms with Crippen molar-refractivity contribution < 1.29 is 21.7 Å². The number of hydrogen-bond donors (Lipinski definition) is 2. The number of nitrogens with one attached hydrogen (secondary N) is 2. The normalized spacial score (nSPS) is 27.8. The van der Waals surface area contributed by atoms with Crippen molar-refractivity contribution in [2.24, 2.45) is 0 Å². The molecule has 1 rings (SSSR count). The molecule has 0 radical (unpaired) electrons. The maximum Gasteiger partial charge on any atom is 0.268 e. The molecule has 1 fully saturated rings. The first-order valence-corrected chi connectivity index (χ1v) is 5.98. The second kappa shape index (κ2) is 4.21. The van der Waals surface area contributed by atoms with Crippen LogP contribution in [0.3, 0.4) is 0 Å².